The molecule has 0 spiro atoms. The minimum Gasteiger partial charge on any atom is -0.493 e. The van der Waals surface area contributed by atoms with E-state index >= 15 is 0 Å². The van der Waals surface area contributed by atoms with E-state index in [0.29, 0.717) is 22.8 Å². The van der Waals surface area contributed by atoms with Crippen LogP contribution in [0.2, 0.25) is 10.0 Å². The molecule has 0 atom stereocenters. The second-order valence-electron chi connectivity index (χ2n) is 4.96. The van der Waals surface area contributed by atoms with E-state index in [1.54, 1.807) is 12.1 Å². The van der Waals surface area contributed by atoms with Gasteiger partial charge in [-0.1, -0.05) is 23.2 Å². The van der Waals surface area contributed by atoms with Gasteiger partial charge in [0.1, 0.15) is 0 Å². The van der Waals surface area contributed by atoms with Crippen LogP contribution in [0.5, 0.6) is 17.2 Å². The third-order valence-corrected chi connectivity index (χ3v) is 5.15. The van der Waals surface area contributed by atoms with Crippen molar-refractivity contribution in [3.05, 3.63) is 45.9 Å². The highest BCUT2D eigenvalue weighted by Gasteiger charge is 2.18. The molecule has 25 heavy (non-hydrogen) atoms. The van der Waals surface area contributed by atoms with Crippen LogP contribution in [0.4, 0.5) is 0 Å². The van der Waals surface area contributed by atoms with E-state index in [2.05, 4.69) is 4.72 Å². The number of halogens is 2. The predicted molar refractivity (Wildman–Crippen MR) is 96.6 cm³/mol. The molecule has 2 aromatic carbocycles. The van der Waals surface area contributed by atoms with Crippen molar-refractivity contribution in [3.8, 4) is 17.2 Å². The summed E-state index contributed by atoms with van der Waals surface area (Å²) in [6.45, 7) is 0.0170. The van der Waals surface area contributed by atoms with Gasteiger partial charge in [-0.2, -0.15) is 0 Å². The average molecular weight is 406 g/mol. The van der Waals surface area contributed by atoms with E-state index in [1.807, 2.05) is 0 Å². The van der Waals surface area contributed by atoms with Gasteiger partial charge in [0, 0.05) is 16.6 Å². The zero-order valence-corrected chi connectivity index (χ0v) is 16.1. The molecule has 0 bridgehead atoms. The van der Waals surface area contributed by atoms with Crippen molar-refractivity contribution in [2.24, 2.45) is 0 Å². The standard InChI is InChI=1S/C16H17Cl2NO5S/c1-22-14-4-10(5-15(23-2)16(14)24-3)9-19-25(20,21)13-7-11(17)6-12(18)8-13/h4-8,19H,9H2,1-3H3. The van der Waals surface area contributed by atoms with Crippen LogP contribution in [0.1, 0.15) is 5.56 Å². The summed E-state index contributed by atoms with van der Waals surface area (Å²) in [6, 6.07) is 7.43. The Kier molecular flexibility index (Phi) is 6.40. The monoisotopic (exact) mass is 405 g/mol. The number of sulfonamides is 1. The Morgan fingerprint density at radius 3 is 1.84 bits per heavy atom. The zero-order valence-electron chi connectivity index (χ0n) is 13.8. The Balaban J connectivity index is 2.28. The van der Waals surface area contributed by atoms with E-state index in [1.165, 1.54) is 39.5 Å². The summed E-state index contributed by atoms with van der Waals surface area (Å²) in [5, 5.41) is 0.473. The molecule has 2 rings (SSSR count). The maximum absolute atomic E-state index is 12.4. The summed E-state index contributed by atoms with van der Waals surface area (Å²) in [6.07, 6.45) is 0. The van der Waals surface area contributed by atoms with Gasteiger partial charge in [0.2, 0.25) is 15.8 Å². The Labute approximate surface area is 156 Å². The molecule has 0 fully saturated rings. The fourth-order valence-electron chi connectivity index (χ4n) is 2.18. The molecule has 0 radical (unpaired) electrons. The molecule has 0 aromatic heterocycles. The summed E-state index contributed by atoms with van der Waals surface area (Å²) in [5.74, 6) is 1.29. The molecule has 1 N–H and O–H groups in total. The first-order valence-electron chi connectivity index (χ1n) is 7.05. The normalized spacial score (nSPS) is 11.2. The number of benzene rings is 2. The van der Waals surface area contributed by atoms with Crippen molar-refractivity contribution in [1.29, 1.82) is 0 Å². The first-order chi connectivity index (χ1) is 11.8. The molecule has 0 aliphatic heterocycles. The topological polar surface area (TPSA) is 73.9 Å². The van der Waals surface area contributed by atoms with Crippen molar-refractivity contribution in [2.45, 2.75) is 11.4 Å². The Hall–Kier alpha value is -1.67. The minimum absolute atomic E-state index is 0.0163. The summed E-state index contributed by atoms with van der Waals surface area (Å²) in [4.78, 5) is -0.0163. The molecule has 6 nitrogen and oxygen atoms in total. The lowest BCUT2D eigenvalue weighted by atomic mass is 10.2. The Bertz CT molecular complexity index is 826. The molecule has 0 saturated carbocycles. The Morgan fingerprint density at radius 1 is 0.880 bits per heavy atom. The van der Waals surface area contributed by atoms with Gasteiger partial charge in [-0.05, 0) is 35.9 Å². The molecule has 136 valence electrons. The maximum atomic E-state index is 12.4. The third-order valence-electron chi connectivity index (χ3n) is 3.34. The molecule has 0 heterocycles. The van der Waals surface area contributed by atoms with E-state index in [-0.39, 0.29) is 21.5 Å². The smallest absolute Gasteiger partial charge is 0.240 e. The quantitative estimate of drug-likeness (QED) is 0.762. The van der Waals surface area contributed by atoms with Crippen LogP contribution < -0.4 is 18.9 Å². The van der Waals surface area contributed by atoms with Crippen LogP contribution in [-0.2, 0) is 16.6 Å². The third kappa shape index (κ3) is 4.70. The van der Waals surface area contributed by atoms with Crippen molar-refractivity contribution in [2.75, 3.05) is 21.3 Å². The largest absolute Gasteiger partial charge is 0.493 e. The van der Waals surface area contributed by atoms with Gasteiger partial charge in [-0.25, -0.2) is 13.1 Å². The minimum atomic E-state index is -3.79. The molecule has 0 amide bonds. The lowest BCUT2D eigenvalue weighted by Gasteiger charge is -2.14. The second-order valence-corrected chi connectivity index (χ2v) is 7.60. The molecular formula is C16H17Cl2NO5S. The first-order valence-corrected chi connectivity index (χ1v) is 9.29. The van der Waals surface area contributed by atoms with Crippen LogP contribution in [-0.4, -0.2) is 29.7 Å². The van der Waals surface area contributed by atoms with Crippen LogP contribution in [0.25, 0.3) is 0 Å². The number of hydrogen-bond acceptors (Lipinski definition) is 5. The molecule has 2 aromatic rings. The highest BCUT2D eigenvalue weighted by molar-refractivity contribution is 7.89. The summed E-state index contributed by atoms with van der Waals surface area (Å²) in [7, 11) is 0.672. The maximum Gasteiger partial charge on any atom is 0.240 e. The SMILES string of the molecule is COc1cc(CNS(=O)(=O)c2cc(Cl)cc(Cl)c2)cc(OC)c1OC. The van der Waals surface area contributed by atoms with E-state index < -0.39 is 10.0 Å². The summed E-state index contributed by atoms with van der Waals surface area (Å²) in [5.41, 5.74) is 0.631. The first kappa shape index (κ1) is 19.7. The van der Waals surface area contributed by atoms with Gasteiger partial charge in [-0.3, -0.25) is 0 Å². The zero-order chi connectivity index (χ0) is 18.6. The van der Waals surface area contributed by atoms with Crippen molar-refractivity contribution in [1.82, 2.24) is 4.72 Å². The fraction of sp³-hybridized carbons (Fsp3) is 0.250. The molecule has 0 saturated heterocycles. The van der Waals surface area contributed by atoms with Crippen LogP contribution >= 0.6 is 23.2 Å². The van der Waals surface area contributed by atoms with Gasteiger partial charge in [0.05, 0.1) is 26.2 Å². The van der Waals surface area contributed by atoms with E-state index in [0.717, 1.165) is 0 Å². The van der Waals surface area contributed by atoms with Crippen LogP contribution in [0.15, 0.2) is 35.2 Å². The number of hydrogen-bond donors (Lipinski definition) is 1. The van der Waals surface area contributed by atoms with Crippen molar-refractivity contribution < 1.29 is 22.6 Å². The highest BCUT2D eigenvalue weighted by atomic mass is 35.5. The highest BCUT2D eigenvalue weighted by Crippen LogP contribution is 2.38. The second kappa shape index (κ2) is 8.14. The Morgan fingerprint density at radius 2 is 1.40 bits per heavy atom. The number of rotatable bonds is 7. The van der Waals surface area contributed by atoms with E-state index in [4.69, 9.17) is 37.4 Å². The number of ether oxygens (including phenoxy) is 3. The number of nitrogens with one attached hydrogen (secondary N) is 1. The van der Waals surface area contributed by atoms with Gasteiger partial charge in [0.15, 0.2) is 11.5 Å². The molecule has 9 heteroatoms. The lowest BCUT2D eigenvalue weighted by molar-refractivity contribution is 0.323. The summed E-state index contributed by atoms with van der Waals surface area (Å²) >= 11 is 11.7. The van der Waals surface area contributed by atoms with Crippen LogP contribution in [0, 0.1) is 0 Å². The molecule has 0 aliphatic rings. The summed E-state index contributed by atoms with van der Waals surface area (Å²) < 4.78 is 43.1. The predicted octanol–water partition coefficient (Wildman–Crippen LogP) is 3.50. The van der Waals surface area contributed by atoms with Crippen molar-refractivity contribution >= 4 is 33.2 Å². The van der Waals surface area contributed by atoms with Gasteiger partial charge in [-0.15, -0.1) is 0 Å². The molecule has 0 aliphatic carbocycles. The number of methoxy groups -OCH3 is 3. The average Bonchev–Trinajstić information content (AvgIpc) is 2.58. The van der Waals surface area contributed by atoms with Gasteiger partial charge in [0.25, 0.3) is 0 Å². The van der Waals surface area contributed by atoms with Crippen LogP contribution in [0.3, 0.4) is 0 Å². The van der Waals surface area contributed by atoms with Gasteiger partial charge < -0.3 is 14.2 Å². The molecule has 0 unspecified atom stereocenters. The van der Waals surface area contributed by atoms with Gasteiger partial charge >= 0.3 is 0 Å². The molecular weight excluding hydrogens is 389 g/mol. The van der Waals surface area contributed by atoms with Crippen molar-refractivity contribution in [3.63, 3.8) is 0 Å². The van der Waals surface area contributed by atoms with E-state index in [9.17, 15) is 8.42 Å². The lowest BCUT2D eigenvalue weighted by Crippen LogP contribution is -2.23. The fourth-order valence-corrected chi connectivity index (χ4v) is 3.93.